The molecule has 0 atom stereocenters. The van der Waals surface area contributed by atoms with Crippen LogP contribution >= 0.6 is 0 Å². The van der Waals surface area contributed by atoms with Crippen LogP contribution in [0.25, 0.3) is 0 Å². The van der Waals surface area contributed by atoms with Crippen molar-refractivity contribution in [2.45, 2.75) is 6.18 Å². The lowest BCUT2D eigenvalue weighted by molar-refractivity contribution is -0.137. The highest BCUT2D eigenvalue weighted by Crippen LogP contribution is 2.33. The summed E-state index contributed by atoms with van der Waals surface area (Å²) in [6, 6.07) is 6.00. The van der Waals surface area contributed by atoms with Gasteiger partial charge in [0.15, 0.2) is 0 Å². The minimum absolute atomic E-state index is 0.0681. The second-order valence-electron chi connectivity index (χ2n) is 3.91. The molecule has 1 aromatic heterocycles. The Bertz CT molecular complexity index is 627. The van der Waals surface area contributed by atoms with Gasteiger partial charge >= 0.3 is 6.18 Å². The number of nitrogens with one attached hydrogen (secondary N) is 1. The van der Waals surface area contributed by atoms with Crippen LogP contribution in [0.5, 0.6) is 11.5 Å². The summed E-state index contributed by atoms with van der Waals surface area (Å²) in [5.41, 5.74) is 4.29. The number of rotatable bonds is 3. The quantitative estimate of drug-likeness (QED) is 0.670. The second kappa shape index (κ2) is 5.20. The highest BCUT2D eigenvalue weighted by molar-refractivity contribution is 5.98. The van der Waals surface area contributed by atoms with Crippen molar-refractivity contribution in [2.24, 2.45) is 5.73 Å². The number of benzene rings is 1. The van der Waals surface area contributed by atoms with Crippen molar-refractivity contribution < 1.29 is 17.9 Å². The van der Waals surface area contributed by atoms with Crippen LogP contribution < -0.4 is 10.5 Å². The maximum absolute atomic E-state index is 12.6. The SMILES string of the molecule is N=C(N)c1cc(C(F)(F)F)ccc1Oc1cccnc1. The topological polar surface area (TPSA) is 72.0 Å². The molecule has 0 unspecified atom stereocenters. The number of aromatic nitrogens is 1. The van der Waals surface area contributed by atoms with E-state index in [1.165, 1.54) is 12.4 Å². The summed E-state index contributed by atoms with van der Waals surface area (Å²) >= 11 is 0. The molecule has 0 radical (unpaired) electrons. The van der Waals surface area contributed by atoms with Gasteiger partial charge in [-0.1, -0.05) is 0 Å². The van der Waals surface area contributed by atoms with Crippen LogP contribution in [0, 0.1) is 5.41 Å². The van der Waals surface area contributed by atoms with E-state index in [0.29, 0.717) is 5.75 Å². The summed E-state index contributed by atoms with van der Waals surface area (Å²) in [6.45, 7) is 0. The Labute approximate surface area is 112 Å². The molecular formula is C13H10F3N3O. The van der Waals surface area contributed by atoms with Crippen molar-refractivity contribution in [1.82, 2.24) is 4.98 Å². The van der Waals surface area contributed by atoms with Gasteiger partial charge in [0.2, 0.25) is 0 Å². The molecule has 1 aromatic carbocycles. The van der Waals surface area contributed by atoms with Crippen molar-refractivity contribution in [3.8, 4) is 11.5 Å². The molecule has 0 aliphatic carbocycles. The van der Waals surface area contributed by atoms with Gasteiger partial charge in [-0.2, -0.15) is 13.2 Å². The Morgan fingerprint density at radius 3 is 2.55 bits per heavy atom. The largest absolute Gasteiger partial charge is 0.455 e. The average molecular weight is 281 g/mol. The fourth-order valence-corrected chi connectivity index (χ4v) is 1.54. The minimum atomic E-state index is -4.50. The summed E-state index contributed by atoms with van der Waals surface area (Å²) in [7, 11) is 0. The summed E-state index contributed by atoms with van der Waals surface area (Å²) in [4.78, 5) is 3.82. The van der Waals surface area contributed by atoms with Crippen molar-refractivity contribution in [3.05, 3.63) is 53.9 Å². The van der Waals surface area contributed by atoms with Crippen LogP contribution in [0.1, 0.15) is 11.1 Å². The zero-order valence-electron chi connectivity index (χ0n) is 10.1. The lowest BCUT2D eigenvalue weighted by atomic mass is 10.1. The second-order valence-corrected chi connectivity index (χ2v) is 3.91. The van der Waals surface area contributed by atoms with Crippen LogP contribution in [0.15, 0.2) is 42.7 Å². The Kier molecular flexibility index (Phi) is 3.60. The van der Waals surface area contributed by atoms with Gasteiger partial charge in [-0.05, 0) is 30.3 Å². The summed E-state index contributed by atoms with van der Waals surface area (Å²) in [6.07, 6.45) is -1.57. The number of pyridine rings is 1. The van der Waals surface area contributed by atoms with E-state index in [1.54, 1.807) is 12.1 Å². The fraction of sp³-hybridized carbons (Fsp3) is 0.0769. The summed E-state index contributed by atoms with van der Waals surface area (Å²) in [5, 5.41) is 7.36. The maximum atomic E-state index is 12.6. The van der Waals surface area contributed by atoms with E-state index in [9.17, 15) is 13.2 Å². The normalized spacial score (nSPS) is 11.2. The molecule has 7 heteroatoms. The highest BCUT2D eigenvalue weighted by atomic mass is 19.4. The molecule has 4 nitrogen and oxygen atoms in total. The molecule has 2 aromatic rings. The van der Waals surface area contributed by atoms with Crippen molar-refractivity contribution in [1.29, 1.82) is 5.41 Å². The predicted molar refractivity (Wildman–Crippen MR) is 66.8 cm³/mol. The van der Waals surface area contributed by atoms with E-state index in [4.69, 9.17) is 15.9 Å². The van der Waals surface area contributed by atoms with Gasteiger partial charge in [-0.3, -0.25) is 10.4 Å². The van der Waals surface area contributed by atoms with Gasteiger partial charge in [-0.25, -0.2) is 0 Å². The average Bonchev–Trinajstić information content (AvgIpc) is 2.38. The number of nitrogens with two attached hydrogens (primary N) is 1. The number of hydrogen-bond acceptors (Lipinski definition) is 3. The van der Waals surface area contributed by atoms with Crippen molar-refractivity contribution >= 4 is 5.84 Å². The van der Waals surface area contributed by atoms with Crippen LogP contribution in [-0.4, -0.2) is 10.8 Å². The highest BCUT2D eigenvalue weighted by Gasteiger charge is 2.31. The first-order valence-corrected chi connectivity index (χ1v) is 5.51. The van der Waals surface area contributed by atoms with Gasteiger partial charge in [0.05, 0.1) is 17.3 Å². The molecule has 3 N–H and O–H groups in total. The Hall–Kier alpha value is -2.57. The molecule has 20 heavy (non-hydrogen) atoms. The maximum Gasteiger partial charge on any atom is 0.416 e. The van der Waals surface area contributed by atoms with Gasteiger partial charge in [0, 0.05) is 6.20 Å². The third-order valence-corrected chi connectivity index (χ3v) is 2.46. The van der Waals surface area contributed by atoms with E-state index in [1.807, 2.05) is 0 Å². The van der Waals surface area contributed by atoms with Gasteiger partial charge in [0.25, 0.3) is 0 Å². The Morgan fingerprint density at radius 2 is 2.00 bits per heavy atom. The molecule has 0 saturated heterocycles. The van der Waals surface area contributed by atoms with Gasteiger partial charge < -0.3 is 10.5 Å². The van der Waals surface area contributed by atoms with Gasteiger partial charge in [0.1, 0.15) is 17.3 Å². The van der Waals surface area contributed by atoms with Gasteiger partial charge in [-0.15, -0.1) is 0 Å². The van der Waals surface area contributed by atoms with Crippen molar-refractivity contribution in [3.63, 3.8) is 0 Å². The first-order chi connectivity index (χ1) is 9.38. The molecule has 104 valence electrons. The number of nitrogens with zero attached hydrogens (tertiary/aromatic N) is 1. The predicted octanol–water partition coefficient (Wildman–Crippen LogP) is 3.18. The summed E-state index contributed by atoms with van der Waals surface area (Å²) < 4.78 is 43.3. The molecule has 2 rings (SSSR count). The van der Waals surface area contributed by atoms with Crippen molar-refractivity contribution in [2.75, 3.05) is 0 Å². The van der Waals surface area contributed by atoms with Crippen LogP contribution in [0.2, 0.25) is 0 Å². The molecule has 0 bridgehead atoms. The Morgan fingerprint density at radius 1 is 1.25 bits per heavy atom. The molecule has 0 spiro atoms. The van der Waals surface area contributed by atoms with Crippen LogP contribution in [-0.2, 0) is 6.18 Å². The molecule has 1 heterocycles. The lowest BCUT2D eigenvalue weighted by Crippen LogP contribution is -2.15. The molecule has 0 amide bonds. The van der Waals surface area contributed by atoms with Crippen LogP contribution in [0.4, 0.5) is 13.2 Å². The first-order valence-electron chi connectivity index (χ1n) is 5.51. The third kappa shape index (κ3) is 3.05. The smallest absolute Gasteiger partial charge is 0.416 e. The fourth-order valence-electron chi connectivity index (χ4n) is 1.54. The van der Waals surface area contributed by atoms with E-state index >= 15 is 0 Å². The van der Waals surface area contributed by atoms with E-state index in [0.717, 1.165) is 18.2 Å². The number of amidine groups is 1. The lowest BCUT2D eigenvalue weighted by Gasteiger charge is -2.13. The molecule has 0 aliphatic rings. The zero-order valence-corrected chi connectivity index (χ0v) is 10.1. The molecule has 0 saturated carbocycles. The number of nitrogen functional groups attached to an aromatic ring is 1. The van der Waals surface area contributed by atoms with E-state index in [-0.39, 0.29) is 11.3 Å². The minimum Gasteiger partial charge on any atom is -0.455 e. The number of alkyl halides is 3. The first kappa shape index (κ1) is 13.9. The summed E-state index contributed by atoms with van der Waals surface area (Å²) in [5.74, 6) is -0.0942. The third-order valence-electron chi connectivity index (χ3n) is 2.46. The number of halogens is 3. The van der Waals surface area contributed by atoms with Crippen LogP contribution in [0.3, 0.4) is 0 Å². The van der Waals surface area contributed by atoms with E-state index in [2.05, 4.69) is 4.98 Å². The zero-order chi connectivity index (χ0) is 14.8. The monoisotopic (exact) mass is 281 g/mol. The number of ether oxygens (including phenoxy) is 1. The number of hydrogen-bond donors (Lipinski definition) is 2. The standard InChI is InChI=1S/C13H10F3N3O/c14-13(15,16)8-3-4-11(10(6-8)12(17)18)20-9-2-1-5-19-7-9/h1-7H,(H3,17,18). The molecule has 0 fully saturated rings. The molecule has 0 aliphatic heterocycles. The van der Waals surface area contributed by atoms with E-state index < -0.39 is 17.6 Å². The Balaban J connectivity index is 2.41. The molecular weight excluding hydrogens is 271 g/mol.